The van der Waals surface area contributed by atoms with Crippen molar-refractivity contribution >= 4 is 0 Å². The van der Waals surface area contributed by atoms with Gasteiger partial charge in [-0.25, -0.2) is 0 Å². The first kappa shape index (κ1) is 7.85. The molecule has 0 saturated carbocycles. The first-order chi connectivity index (χ1) is 5.72. The Morgan fingerprint density at radius 2 is 2.33 bits per heavy atom. The van der Waals surface area contributed by atoms with Crippen LogP contribution < -0.4 is 5.73 Å². The molecular weight excluding hydrogens is 162 g/mol. The number of aliphatic hydroxyl groups excluding tert-OH is 2. The summed E-state index contributed by atoms with van der Waals surface area (Å²) in [5, 5.41) is 18.2. The van der Waals surface area contributed by atoms with Crippen molar-refractivity contribution in [2.24, 2.45) is 5.73 Å². The molecule has 1 fully saturated rings. The number of aliphatic hydroxyl groups is 2. The molecule has 5 heteroatoms. The number of ether oxygens (including phenoxy) is 2. The van der Waals surface area contributed by atoms with Gasteiger partial charge in [0.1, 0.15) is 18.3 Å². The molecule has 0 aromatic carbocycles. The third kappa shape index (κ3) is 0.979. The molecule has 68 valence electrons. The molecule has 1 saturated heterocycles. The van der Waals surface area contributed by atoms with Crippen LogP contribution in [0.15, 0.2) is 12.0 Å². The lowest BCUT2D eigenvalue weighted by Gasteiger charge is -2.14. The first-order valence-corrected chi connectivity index (χ1v) is 3.80. The average molecular weight is 173 g/mol. The fourth-order valence-electron chi connectivity index (χ4n) is 1.55. The van der Waals surface area contributed by atoms with E-state index in [0.29, 0.717) is 0 Å². The van der Waals surface area contributed by atoms with E-state index in [9.17, 15) is 5.11 Å². The fourth-order valence-corrected chi connectivity index (χ4v) is 1.55. The van der Waals surface area contributed by atoms with Crippen molar-refractivity contribution in [1.29, 1.82) is 0 Å². The number of rotatable bonds is 1. The minimum absolute atomic E-state index is 0.203. The van der Waals surface area contributed by atoms with Crippen LogP contribution in [-0.4, -0.2) is 41.2 Å². The summed E-state index contributed by atoms with van der Waals surface area (Å²) >= 11 is 0. The van der Waals surface area contributed by atoms with E-state index in [0.717, 1.165) is 0 Å². The molecule has 2 aliphatic rings. The fraction of sp³-hybridized carbons (Fsp3) is 0.714. The maximum absolute atomic E-state index is 9.48. The zero-order chi connectivity index (χ0) is 8.72. The molecule has 0 amide bonds. The van der Waals surface area contributed by atoms with Crippen molar-refractivity contribution in [3.05, 3.63) is 12.0 Å². The third-order valence-corrected chi connectivity index (χ3v) is 2.15. The van der Waals surface area contributed by atoms with Crippen LogP contribution in [0.25, 0.3) is 0 Å². The van der Waals surface area contributed by atoms with E-state index in [-0.39, 0.29) is 18.6 Å². The molecule has 0 aliphatic carbocycles. The molecule has 0 spiro atoms. The maximum atomic E-state index is 9.48. The molecule has 0 aromatic heterocycles. The molecule has 2 aliphatic heterocycles. The number of hydrogen-bond donors (Lipinski definition) is 3. The molecule has 12 heavy (non-hydrogen) atoms. The molecule has 4 atom stereocenters. The first-order valence-electron chi connectivity index (χ1n) is 3.80. The monoisotopic (exact) mass is 173 g/mol. The maximum Gasteiger partial charge on any atom is 0.183 e. The zero-order valence-corrected chi connectivity index (χ0v) is 6.38. The summed E-state index contributed by atoms with van der Waals surface area (Å²) in [6, 6.07) is 0. The topological polar surface area (TPSA) is 84.9 Å². The normalized spacial score (nSPS) is 45.3. The summed E-state index contributed by atoms with van der Waals surface area (Å²) in [5.74, 6) is 0.278. The Hall–Kier alpha value is -0.780. The van der Waals surface area contributed by atoms with E-state index in [2.05, 4.69) is 0 Å². The van der Waals surface area contributed by atoms with E-state index < -0.39 is 18.3 Å². The largest absolute Gasteiger partial charge is 0.470 e. The van der Waals surface area contributed by atoms with Crippen LogP contribution in [0.3, 0.4) is 0 Å². The van der Waals surface area contributed by atoms with Crippen LogP contribution in [-0.2, 0) is 9.47 Å². The number of nitrogens with two attached hydrogens (primary N) is 1. The van der Waals surface area contributed by atoms with E-state index >= 15 is 0 Å². The second kappa shape index (κ2) is 2.62. The van der Waals surface area contributed by atoms with Crippen LogP contribution in [0.2, 0.25) is 0 Å². The van der Waals surface area contributed by atoms with Crippen LogP contribution in [0, 0.1) is 0 Å². The minimum atomic E-state index is -0.794. The number of hydrogen-bond acceptors (Lipinski definition) is 5. The highest BCUT2D eigenvalue weighted by Gasteiger charge is 2.47. The summed E-state index contributed by atoms with van der Waals surface area (Å²) in [4.78, 5) is 0. The Labute approximate surface area is 69.4 Å². The van der Waals surface area contributed by atoms with Crippen molar-refractivity contribution in [3.8, 4) is 0 Å². The van der Waals surface area contributed by atoms with Gasteiger partial charge in [-0.3, -0.25) is 0 Å². The lowest BCUT2D eigenvalue weighted by molar-refractivity contribution is -0.0181. The van der Waals surface area contributed by atoms with Gasteiger partial charge in [-0.15, -0.1) is 0 Å². The molecular formula is C7H11NO4. The third-order valence-electron chi connectivity index (χ3n) is 2.15. The van der Waals surface area contributed by atoms with Crippen LogP contribution in [0.1, 0.15) is 0 Å². The quantitative estimate of drug-likeness (QED) is 0.440. The van der Waals surface area contributed by atoms with Gasteiger partial charge in [-0.1, -0.05) is 0 Å². The second-order valence-electron chi connectivity index (χ2n) is 2.96. The van der Waals surface area contributed by atoms with Crippen molar-refractivity contribution in [2.75, 3.05) is 6.61 Å². The molecule has 4 N–H and O–H groups in total. The van der Waals surface area contributed by atoms with Gasteiger partial charge < -0.3 is 25.4 Å². The van der Waals surface area contributed by atoms with Crippen molar-refractivity contribution in [2.45, 2.75) is 24.4 Å². The van der Waals surface area contributed by atoms with Crippen molar-refractivity contribution in [3.63, 3.8) is 0 Å². The molecule has 0 aromatic rings. The molecule has 2 rings (SSSR count). The highest BCUT2D eigenvalue weighted by molar-refractivity contribution is 5.11. The molecule has 0 radical (unpaired) electrons. The van der Waals surface area contributed by atoms with Gasteiger partial charge in [0.15, 0.2) is 12.0 Å². The van der Waals surface area contributed by atoms with Crippen molar-refractivity contribution in [1.82, 2.24) is 0 Å². The molecule has 2 heterocycles. The van der Waals surface area contributed by atoms with E-state index in [1.807, 2.05) is 0 Å². The Bertz CT molecular complexity index is 217. The Morgan fingerprint density at radius 1 is 1.58 bits per heavy atom. The zero-order valence-electron chi connectivity index (χ0n) is 6.38. The van der Waals surface area contributed by atoms with E-state index in [1.54, 1.807) is 6.08 Å². The van der Waals surface area contributed by atoms with E-state index in [1.165, 1.54) is 0 Å². The van der Waals surface area contributed by atoms with E-state index in [4.69, 9.17) is 20.3 Å². The van der Waals surface area contributed by atoms with Gasteiger partial charge in [0, 0.05) is 6.08 Å². The molecule has 5 nitrogen and oxygen atoms in total. The van der Waals surface area contributed by atoms with Gasteiger partial charge in [0.05, 0.1) is 6.61 Å². The lowest BCUT2D eigenvalue weighted by atomic mass is 10.1. The highest BCUT2D eigenvalue weighted by Crippen LogP contribution is 2.30. The summed E-state index contributed by atoms with van der Waals surface area (Å²) < 4.78 is 10.3. The van der Waals surface area contributed by atoms with Crippen molar-refractivity contribution < 1.29 is 19.7 Å². The summed E-state index contributed by atoms with van der Waals surface area (Å²) in [6.07, 6.45) is -0.496. The highest BCUT2D eigenvalue weighted by atomic mass is 16.6. The standard InChI is InChI=1S/C7H11NO4/c8-5-1-3-7(12-5)6(10)4(2-9)11-3/h1,3-4,6-7,9-10H,2,8H2/t3-,4+,6?,7-/m0/s1. The lowest BCUT2D eigenvalue weighted by Crippen LogP contribution is -2.34. The van der Waals surface area contributed by atoms with Crippen LogP contribution >= 0.6 is 0 Å². The summed E-state index contributed by atoms with van der Waals surface area (Å²) in [7, 11) is 0. The Kier molecular flexibility index (Phi) is 1.71. The Morgan fingerprint density at radius 3 is 2.92 bits per heavy atom. The average Bonchev–Trinajstić information content (AvgIpc) is 2.51. The summed E-state index contributed by atoms with van der Waals surface area (Å²) in [5.41, 5.74) is 5.36. The summed E-state index contributed by atoms with van der Waals surface area (Å²) in [6.45, 7) is -0.203. The predicted octanol–water partition coefficient (Wildman–Crippen LogP) is -1.69. The van der Waals surface area contributed by atoms with Gasteiger partial charge >= 0.3 is 0 Å². The predicted molar refractivity (Wildman–Crippen MR) is 38.9 cm³/mol. The minimum Gasteiger partial charge on any atom is -0.470 e. The second-order valence-corrected chi connectivity index (χ2v) is 2.96. The van der Waals surface area contributed by atoms with Gasteiger partial charge in [0.2, 0.25) is 0 Å². The SMILES string of the molecule is NC1=C[C@@H]2O[C@H](CO)C(O)[C@H]2O1. The van der Waals surface area contributed by atoms with Gasteiger partial charge in [-0.2, -0.15) is 0 Å². The Balaban J connectivity index is 2.10. The number of fused-ring (bicyclic) bond motifs is 1. The van der Waals surface area contributed by atoms with Gasteiger partial charge in [0.25, 0.3) is 0 Å². The van der Waals surface area contributed by atoms with Crippen LogP contribution in [0.4, 0.5) is 0 Å². The smallest absolute Gasteiger partial charge is 0.183 e. The van der Waals surface area contributed by atoms with Crippen LogP contribution in [0.5, 0.6) is 0 Å². The molecule has 0 bridgehead atoms. The van der Waals surface area contributed by atoms with Gasteiger partial charge in [-0.05, 0) is 0 Å². The molecule has 1 unspecified atom stereocenters.